The summed E-state index contributed by atoms with van der Waals surface area (Å²) >= 11 is 0. The van der Waals surface area contributed by atoms with Crippen molar-refractivity contribution in [2.24, 2.45) is 5.73 Å². The van der Waals surface area contributed by atoms with Crippen molar-refractivity contribution >= 4 is 11.8 Å². The number of nitrogens with two attached hydrogens (primary N) is 1. The molecule has 2 amide bonds. The fourth-order valence-corrected chi connectivity index (χ4v) is 1.99. The summed E-state index contributed by atoms with van der Waals surface area (Å²) in [5.41, 5.74) is 6.28. The highest BCUT2D eigenvalue weighted by atomic mass is 16.5. The van der Waals surface area contributed by atoms with Crippen LogP contribution in [0.4, 0.5) is 0 Å². The largest absolute Gasteiger partial charge is 0.508 e. The number of hydrogen-bond donors (Lipinski definition) is 2. The molecule has 2 rings (SSSR count). The summed E-state index contributed by atoms with van der Waals surface area (Å²) in [6.45, 7) is 2.53. The molecule has 1 fully saturated rings. The van der Waals surface area contributed by atoms with Crippen molar-refractivity contribution in [3.05, 3.63) is 29.3 Å². The molecule has 0 radical (unpaired) electrons. The average molecular weight is 264 g/mol. The molecule has 1 aliphatic rings. The van der Waals surface area contributed by atoms with E-state index < -0.39 is 11.9 Å². The Morgan fingerprint density at radius 3 is 2.84 bits per heavy atom. The minimum atomic E-state index is -0.760. The topological polar surface area (TPSA) is 92.9 Å². The van der Waals surface area contributed by atoms with Crippen molar-refractivity contribution < 1.29 is 19.4 Å². The number of amides is 2. The van der Waals surface area contributed by atoms with Crippen LogP contribution in [-0.2, 0) is 9.53 Å². The van der Waals surface area contributed by atoms with Gasteiger partial charge in [-0.15, -0.1) is 0 Å². The number of phenolic OH excluding ortho intramolecular Hbond substituents is 1. The van der Waals surface area contributed by atoms with Crippen LogP contribution < -0.4 is 5.73 Å². The molecule has 0 bridgehead atoms. The van der Waals surface area contributed by atoms with E-state index in [1.54, 1.807) is 19.1 Å². The second-order valence-corrected chi connectivity index (χ2v) is 4.49. The number of phenols is 1. The monoisotopic (exact) mass is 264 g/mol. The Morgan fingerprint density at radius 2 is 2.21 bits per heavy atom. The zero-order chi connectivity index (χ0) is 14.0. The molecule has 1 saturated heterocycles. The number of benzene rings is 1. The van der Waals surface area contributed by atoms with E-state index in [0.29, 0.717) is 24.3 Å². The molecule has 6 nitrogen and oxygen atoms in total. The third kappa shape index (κ3) is 2.68. The summed E-state index contributed by atoms with van der Waals surface area (Å²) in [5.74, 6) is -0.874. The Balaban J connectivity index is 2.26. The predicted molar refractivity (Wildman–Crippen MR) is 67.7 cm³/mol. The molecule has 3 N–H and O–H groups in total. The lowest BCUT2D eigenvalue weighted by molar-refractivity contribution is -0.127. The number of aryl methyl sites for hydroxylation is 1. The Morgan fingerprint density at radius 1 is 1.47 bits per heavy atom. The highest BCUT2D eigenvalue weighted by Crippen LogP contribution is 2.20. The van der Waals surface area contributed by atoms with Crippen LogP contribution in [0, 0.1) is 6.92 Å². The van der Waals surface area contributed by atoms with Gasteiger partial charge in [0.05, 0.1) is 13.2 Å². The second kappa shape index (κ2) is 5.27. The maximum atomic E-state index is 12.3. The molecule has 0 saturated carbocycles. The SMILES string of the molecule is Cc1ccc(C(=O)N2CCOCC2C(N)=O)cc1O. The van der Waals surface area contributed by atoms with Gasteiger partial charge < -0.3 is 20.5 Å². The van der Waals surface area contributed by atoms with Crippen LogP contribution >= 0.6 is 0 Å². The number of hydrogen-bond acceptors (Lipinski definition) is 4. The first kappa shape index (κ1) is 13.4. The Hall–Kier alpha value is -2.08. The molecule has 1 aromatic rings. The van der Waals surface area contributed by atoms with Gasteiger partial charge >= 0.3 is 0 Å². The fraction of sp³-hybridized carbons (Fsp3) is 0.385. The number of ether oxygens (including phenoxy) is 1. The summed E-state index contributed by atoms with van der Waals surface area (Å²) in [4.78, 5) is 25.0. The zero-order valence-electron chi connectivity index (χ0n) is 10.6. The molecular formula is C13H16N2O4. The Labute approximate surface area is 110 Å². The number of carbonyl (C=O) groups excluding carboxylic acids is 2. The molecule has 1 atom stereocenters. The first-order chi connectivity index (χ1) is 9.00. The average Bonchev–Trinajstić information content (AvgIpc) is 2.41. The van der Waals surface area contributed by atoms with E-state index in [0.717, 1.165) is 0 Å². The Bertz CT molecular complexity index is 515. The van der Waals surface area contributed by atoms with Gasteiger partial charge in [0.1, 0.15) is 11.8 Å². The second-order valence-electron chi connectivity index (χ2n) is 4.49. The van der Waals surface area contributed by atoms with E-state index in [1.165, 1.54) is 11.0 Å². The number of nitrogens with zero attached hydrogens (tertiary/aromatic N) is 1. The van der Waals surface area contributed by atoms with Crippen LogP contribution in [0.2, 0.25) is 0 Å². The van der Waals surface area contributed by atoms with Gasteiger partial charge in [-0.3, -0.25) is 9.59 Å². The predicted octanol–water partition coefficient (Wildman–Crippen LogP) is 0.0269. The normalized spacial score (nSPS) is 19.2. The van der Waals surface area contributed by atoms with Gasteiger partial charge in [-0.25, -0.2) is 0 Å². The highest BCUT2D eigenvalue weighted by molar-refractivity contribution is 5.97. The number of aromatic hydroxyl groups is 1. The lowest BCUT2D eigenvalue weighted by atomic mass is 10.1. The molecule has 1 unspecified atom stereocenters. The minimum Gasteiger partial charge on any atom is -0.508 e. The molecule has 0 spiro atoms. The van der Waals surface area contributed by atoms with Crippen LogP contribution in [0.5, 0.6) is 5.75 Å². The van der Waals surface area contributed by atoms with Crippen molar-refractivity contribution in [2.75, 3.05) is 19.8 Å². The van der Waals surface area contributed by atoms with Gasteiger partial charge in [-0.2, -0.15) is 0 Å². The van der Waals surface area contributed by atoms with Crippen LogP contribution in [0.25, 0.3) is 0 Å². The number of primary amides is 1. The van der Waals surface area contributed by atoms with Gasteiger partial charge in [-0.1, -0.05) is 6.07 Å². The first-order valence-corrected chi connectivity index (χ1v) is 5.98. The molecule has 102 valence electrons. The molecule has 1 aromatic carbocycles. The zero-order valence-corrected chi connectivity index (χ0v) is 10.6. The molecule has 6 heteroatoms. The molecular weight excluding hydrogens is 248 g/mol. The number of morpholine rings is 1. The highest BCUT2D eigenvalue weighted by Gasteiger charge is 2.32. The van der Waals surface area contributed by atoms with E-state index >= 15 is 0 Å². The van der Waals surface area contributed by atoms with Gasteiger partial charge in [0.2, 0.25) is 5.91 Å². The molecule has 1 aliphatic heterocycles. The smallest absolute Gasteiger partial charge is 0.254 e. The van der Waals surface area contributed by atoms with E-state index in [4.69, 9.17) is 10.5 Å². The van der Waals surface area contributed by atoms with E-state index in [1.807, 2.05) is 0 Å². The van der Waals surface area contributed by atoms with E-state index in [-0.39, 0.29) is 18.3 Å². The molecule has 19 heavy (non-hydrogen) atoms. The van der Waals surface area contributed by atoms with Crippen LogP contribution in [0.3, 0.4) is 0 Å². The van der Waals surface area contributed by atoms with Crippen molar-refractivity contribution in [2.45, 2.75) is 13.0 Å². The summed E-state index contributed by atoms with van der Waals surface area (Å²) in [7, 11) is 0. The third-order valence-electron chi connectivity index (χ3n) is 3.17. The van der Waals surface area contributed by atoms with Gasteiger partial charge in [0, 0.05) is 12.1 Å². The van der Waals surface area contributed by atoms with Crippen molar-refractivity contribution in [1.29, 1.82) is 0 Å². The van der Waals surface area contributed by atoms with Crippen LogP contribution in [0.15, 0.2) is 18.2 Å². The fourth-order valence-electron chi connectivity index (χ4n) is 1.99. The standard InChI is InChI=1S/C13H16N2O4/c1-8-2-3-9(6-11(8)16)13(18)15-4-5-19-7-10(15)12(14)17/h2-3,6,10,16H,4-5,7H2,1H3,(H2,14,17). The number of rotatable bonds is 2. The van der Waals surface area contributed by atoms with Crippen molar-refractivity contribution in [3.8, 4) is 5.75 Å². The number of carbonyl (C=O) groups is 2. The third-order valence-corrected chi connectivity index (χ3v) is 3.17. The van der Waals surface area contributed by atoms with Gasteiger partial charge in [0.15, 0.2) is 0 Å². The summed E-state index contributed by atoms with van der Waals surface area (Å²) in [5, 5.41) is 9.64. The van der Waals surface area contributed by atoms with Gasteiger partial charge in [-0.05, 0) is 24.6 Å². The molecule has 0 aromatic heterocycles. The van der Waals surface area contributed by atoms with E-state index in [2.05, 4.69) is 0 Å². The molecule has 1 heterocycles. The minimum absolute atomic E-state index is 0.0507. The summed E-state index contributed by atoms with van der Waals surface area (Å²) < 4.78 is 5.16. The summed E-state index contributed by atoms with van der Waals surface area (Å²) in [6.07, 6.45) is 0. The van der Waals surface area contributed by atoms with Crippen molar-refractivity contribution in [3.63, 3.8) is 0 Å². The maximum absolute atomic E-state index is 12.3. The Kier molecular flexibility index (Phi) is 3.71. The van der Waals surface area contributed by atoms with E-state index in [9.17, 15) is 14.7 Å². The lowest BCUT2D eigenvalue weighted by Gasteiger charge is -2.33. The van der Waals surface area contributed by atoms with Gasteiger partial charge in [0.25, 0.3) is 5.91 Å². The molecule has 0 aliphatic carbocycles. The van der Waals surface area contributed by atoms with Crippen molar-refractivity contribution in [1.82, 2.24) is 4.90 Å². The van der Waals surface area contributed by atoms with Crippen LogP contribution in [0.1, 0.15) is 15.9 Å². The van der Waals surface area contributed by atoms with Crippen LogP contribution in [-0.4, -0.2) is 47.6 Å². The quantitative estimate of drug-likeness (QED) is 0.788. The first-order valence-electron chi connectivity index (χ1n) is 5.98. The summed E-state index contributed by atoms with van der Waals surface area (Å²) in [6, 6.07) is 3.91. The maximum Gasteiger partial charge on any atom is 0.254 e. The lowest BCUT2D eigenvalue weighted by Crippen LogP contribution is -2.54.